The fraction of sp³-hybridized carbons (Fsp3) is 0.389. The van der Waals surface area contributed by atoms with Gasteiger partial charge >= 0.3 is 0 Å². The Balaban J connectivity index is 1.33. The lowest BCUT2D eigenvalue weighted by Crippen LogP contribution is -2.52. The molecule has 0 aliphatic carbocycles. The van der Waals surface area contributed by atoms with Crippen molar-refractivity contribution in [1.82, 2.24) is 15.4 Å². The molecule has 0 atom stereocenters. The fourth-order valence-electron chi connectivity index (χ4n) is 3.39. The highest BCUT2D eigenvalue weighted by Crippen LogP contribution is 2.28. The summed E-state index contributed by atoms with van der Waals surface area (Å²) < 4.78 is 19.4. The quantitative estimate of drug-likeness (QED) is 0.929. The molecule has 3 heterocycles. The van der Waals surface area contributed by atoms with Crippen LogP contribution < -0.4 is 15.1 Å². The molecule has 24 heavy (non-hydrogen) atoms. The van der Waals surface area contributed by atoms with Crippen molar-refractivity contribution in [3.05, 3.63) is 53.6 Å². The van der Waals surface area contributed by atoms with E-state index in [4.69, 9.17) is 4.74 Å². The first-order valence-corrected chi connectivity index (χ1v) is 8.38. The third kappa shape index (κ3) is 3.07. The first kappa shape index (κ1) is 15.4. The zero-order chi connectivity index (χ0) is 16.4. The van der Waals surface area contributed by atoms with Crippen LogP contribution in [0.3, 0.4) is 0 Å². The van der Waals surface area contributed by atoms with E-state index in [0.717, 1.165) is 51.5 Å². The molecule has 0 bridgehead atoms. The number of ether oxygens (including phenoxy) is 1. The van der Waals surface area contributed by atoms with E-state index in [2.05, 4.69) is 26.4 Å². The molecule has 2 aliphatic heterocycles. The van der Waals surface area contributed by atoms with E-state index in [1.807, 2.05) is 12.1 Å². The van der Waals surface area contributed by atoms with E-state index in [9.17, 15) is 4.39 Å². The number of hydrogen-bond donors (Lipinski definition) is 1. The summed E-state index contributed by atoms with van der Waals surface area (Å²) in [7, 11) is 0. The number of hydrogen-bond acceptors (Lipinski definition) is 5. The SMILES string of the molecule is Fc1cnccc1N1CCN(NCc2cccc3c2CCO3)CC1. The highest BCUT2D eigenvalue weighted by molar-refractivity contribution is 5.46. The molecule has 0 spiro atoms. The van der Waals surface area contributed by atoms with Gasteiger partial charge in [-0.25, -0.2) is 9.40 Å². The number of aromatic nitrogens is 1. The van der Waals surface area contributed by atoms with Crippen LogP contribution >= 0.6 is 0 Å². The van der Waals surface area contributed by atoms with Crippen LogP contribution in [-0.4, -0.2) is 42.8 Å². The average Bonchev–Trinajstić information content (AvgIpc) is 3.10. The number of rotatable bonds is 4. The molecular formula is C18H21FN4O. The Morgan fingerprint density at radius 3 is 2.88 bits per heavy atom. The monoisotopic (exact) mass is 328 g/mol. The summed E-state index contributed by atoms with van der Waals surface area (Å²) in [5, 5.41) is 2.21. The number of nitrogens with one attached hydrogen (secondary N) is 1. The normalized spacial score (nSPS) is 17.6. The summed E-state index contributed by atoms with van der Waals surface area (Å²) in [6.45, 7) is 4.88. The number of anilines is 1. The van der Waals surface area contributed by atoms with Crippen molar-refractivity contribution in [2.24, 2.45) is 0 Å². The van der Waals surface area contributed by atoms with E-state index in [-0.39, 0.29) is 5.82 Å². The minimum absolute atomic E-state index is 0.251. The maximum Gasteiger partial charge on any atom is 0.164 e. The van der Waals surface area contributed by atoms with E-state index < -0.39 is 0 Å². The van der Waals surface area contributed by atoms with E-state index >= 15 is 0 Å². The lowest BCUT2D eigenvalue weighted by Gasteiger charge is -2.36. The van der Waals surface area contributed by atoms with Crippen molar-refractivity contribution in [2.45, 2.75) is 13.0 Å². The van der Waals surface area contributed by atoms with Crippen LogP contribution in [0.5, 0.6) is 5.75 Å². The summed E-state index contributed by atoms with van der Waals surface area (Å²) in [5.74, 6) is 0.769. The standard InChI is InChI=1S/C18H21FN4O/c19-16-13-20-6-4-17(16)22-7-9-23(10-8-22)21-12-14-2-1-3-18-15(14)5-11-24-18/h1-4,6,13,21H,5,7-12H2. The number of fused-ring (bicyclic) bond motifs is 1. The van der Waals surface area contributed by atoms with Gasteiger partial charge in [-0.2, -0.15) is 0 Å². The molecule has 1 aromatic carbocycles. The van der Waals surface area contributed by atoms with Crippen LogP contribution in [0.25, 0.3) is 0 Å². The van der Waals surface area contributed by atoms with Crippen LogP contribution in [0.4, 0.5) is 10.1 Å². The average molecular weight is 328 g/mol. The number of halogens is 1. The summed E-state index contributed by atoms with van der Waals surface area (Å²) >= 11 is 0. The second-order valence-electron chi connectivity index (χ2n) is 6.13. The van der Waals surface area contributed by atoms with Gasteiger partial charge in [-0.05, 0) is 17.7 Å². The van der Waals surface area contributed by atoms with Crippen molar-refractivity contribution in [2.75, 3.05) is 37.7 Å². The molecule has 0 amide bonds. The van der Waals surface area contributed by atoms with Gasteiger partial charge in [-0.15, -0.1) is 0 Å². The maximum atomic E-state index is 13.8. The van der Waals surface area contributed by atoms with Crippen LogP contribution in [-0.2, 0) is 13.0 Å². The number of piperazine rings is 1. The Bertz CT molecular complexity index is 716. The predicted molar refractivity (Wildman–Crippen MR) is 90.5 cm³/mol. The first-order chi connectivity index (χ1) is 11.8. The smallest absolute Gasteiger partial charge is 0.164 e. The zero-order valence-corrected chi connectivity index (χ0v) is 13.5. The van der Waals surface area contributed by atoms with Gasteiger partial charge in [0, 0.05) is 50.9 Å². The molecule has 1 N–H and O–H groups in total. The molecule has 2 aromatic rings. The molecule has 2 aliphatic rings. The van der Waals surface area contributed by atoms with Crippen molar-refractivity contribution >= 4 is 5.69 Å². The van der Waals surface area contributed by atoms with Crippen LogP contribution in [0.2, 0.25) is 0 Å². The highest BCUT2D eigenvalue weighted by atomic mass is 19.1. The Morgan fingerprint density at radius 2 is 2.04 bits per heavy atom. The minimum Gasteiger partial charge on any atom is -0.493 e. The molecule has 0 unspecified atom stereocenters. The number of nitrogens with zero attached hydrogens (tertiary/aromatic N) is 3. The first-order valence-electron chi connectivity index (χ1n) is 8.38. The van der Waals surface area contributed by atoms with Gasteiger partial charge in [-0.3, -0.25) is 10.4 Å². The molecule has 6 heteroatoms. The summed E-state index contributed by atoms with van der Waals surface area (Å²) in [6, 6.07) is 7.98. The van der Waals surface area contributed by atoms with Crippen molar-refractivity contribution in [3.8, 4) is 5.75 Å². The second kappa shape index (κ2) is 6.75. The number of pyridine rings is 1. The lowest BCUT2D eigenvalue weighted by molar-refractivity contribution is 0.172. The molecule has 5 nitrogen and oxygen atoms in total. The van der Waals surface area contributed by atoms with Crippen molar-refractivity contribution in [1.29, 1.82) is 0 Å². The molecule has 1 aromatic heterocycles. The summed E-state index contributed by atoms with van der Waals surface area (Å²) in [4.78, 5) is 5.88. The van der Waals surface area contributed by atoms with Gasteiger partial charge in [0.1, 0.15) is 5.75 Å². The molecule has 1 saturated heterocycles. The van der Waals surface area contributed by atoms with Crippen molar-refractivity contribution in [3.63, 3.8) is 0 Å². The number of hydrazine groups is 1. The number of benzene rings is 1. The molecule has 0 radical (unpaired) electrons. The molecule has 126 valence electrons. The van der Waals surface area contributed by atoms with Gasteiger partial charge in [0.25, 0.3) is 0 Å². The van der Waals surface area contributed by atoms with Crippen LogP contribution in [0.1, 0.15) is 11.1 Å². The van der Waals surface area contributed by atoms with Crippen molar-refractivity contribution < 1.29 is 9.13 Å². The van der Waals surface area contributed by atoms with Crippen LogP contribution in [0, 0.1) is 5.82 Å². The van der Waals surface area contributed by atoms with Crippen LogP contribution in [0.15, 0.2) is 36.7 Å². The van der Waals surface area contributed by atoms with Gasteiger partial charge in [0.05, 0.1) is 18.5 Å². The van der Waals surface area contributed by atoms with E-state index in [0.29, 0.717) is 5.69 Å². The molecule has 0 saturated carbocycles. The topological polar surface area (TPSA) is 40.6 Å². The molecule has 4 rings (SSSR count). The predicted octanol–water partition coefficient (Wildman–Crippen LogP) is 1.98. The maximum absolute atomic E-state index is 13.8. The van der Waals surface area contributed by atoms with Gasteiger partial charge in [0.15, 0.2) is 5.82 Å². The Hall–Kier alpha value is -2.18. The minimum atomic E-state index is -0.251. The fourth-order valence-corrected chi connectivity index (χ4v) is 3.39. The third-order valence-electron chi connectivity index (χ3n) is 4.70. The van der Waals surface area contributed by atoms with Gasteiger partial charge in [-0.1, -0.05) is 12.1 Å². The van der Waals surface area contributed by atoms with E-state index in [1.54, 1.807) is 12.3 Å². The third-order valence-corrected chi connectivity index (χ3v) is 4.70. The Kier molecular flexibility index (Phi) is 4.32. The highest BCUT2D eigenvalue weighted by Gasteiger charge is 2.20. The molecule has 1 fully saturated rings. The molecular weight excluding hydrogens is 307 g/mol. The Labute approximate surface area is 141 Å². The lowest BCUT2D eigenvalue weighted by atomic mass is 10.1. The largest absolute Gasteiger partial charge is 0.493 e. The zero-order valence-electron chi connectivity index (χ0n) is 13.5. The summed E-state index contributed by atoms with van der Waals surface area (Å²) in [5.41, 5.74) is 6.76. The second-order valence-corrected chi connectivity index (χ2v) is 6.13. The van der Waals surface area contributed by atoms with E-state index in [1.165, 1.54) is 17.3 Å². The van der Waals surface area contributed by atoms with Gasteiger partial charge in [0.2, 0.25) is 0 Å². The summed E-state index contributed by atoms with van der Waals surface area (Å²) in [6.07, 6.45) is 3.90. The Morgan fingerprint density at radius 1 is 1.17 bits per heavy atom. The van der Waals surface area contributed by atoms with Gasteiger partial charge < -0.3 is 9.64 Å².